The van der Waals surface area contributed by atoms with Gasteiger partial charge in [0.1, 0.15) is 5.75 Å². The Morgan fingerprint density at radius 2 is 1.62 bits per heavy atom. The van der Waals surface area contributed by atoms with Gasteiger partial charge in [-0.3, -0.25) is 4.39 Å². The van der Waals surface area contributed by atoms with Crippen LogP contribution in [0.1, 0.15) is 121 Å². The Hall–Kier alpha value is -0.700. The topological polar surface area (TPSA) is 20.2 Å². The predicted octanol–water partition coefficient (Wildman–Crippen LogP) is 9.47. The Balaban J connectivity index is 1.21. The highest BCUT2D eigenvalue weighted by Crippen LogP contribution is 2.75. The maximum absolute atomic E-state index is 12.1. The summed E-state index contributed by atoms with van der Waals surface area (Å²) in [6, 6.07) is 6.28. The van der Waals surface area contributed by atoms with Crippen molar-refractivity contribution < 1.29 is 9.50 Å². The molecule has 192 valence electrons. The Morgan fingerprint density at radius 1 is 0.912 bits per heavy atom. The summed E-state index contributed by atoms with van der Waals surface area (Å²) in [7, 11) is 0. The molecule has 0 aliphatic heterocycles. The summed E-state index contributed by atoms with van der Waals surface area (Å²) in [6.07, 6.45) is 19.6. The lowest BCUT2D eigenvalue weighted by atomic mass is 9.56. The van der Waals surface area contributed by atoms with E-state index in [1.807, 2.05) is 17.8 Å². The van der Waals surface area contributed by atoms with Crippen molar-refractivity contribution in [2.75, 3.05) is 18.2 Å². The largest absolute Gasteiger partial charge is 0.508 e. The number of unbranched alkanes of at least 4 members (excludes halogenated alkanes) is 6. The van der Waals surface area contributed by atoms with Crippen LogP contribution in [0.3, 0.4) is 0 Å². The van der Waals surface area contributed by atoms with Crippen LogP contribution in [0, 0.1) is 22.7 Å². The number of rotatable bonds is 14. The van der Waals surface area contributed by atoms with Crippen LogP contribution in [0.15, 0.2) is 18.2 Å². The van der Waals surface area contributed by atoms with Gasteiger partial charge in [-0.25, -0.2) is 0 Å². The minimum absolute atomic E-state index is 0.169. The van der Waals surface area contributed by atoms with Crippen molar-refractivity contribution in [1.82, 2.24) is 0 Å². The van der Waals surface area contributed by atoms with E-state index in [-0.39, 0.29) is 6.67 Å². The number of thioether (sulfide) groups is 1. The first kappa shape index (κ1) is 26.4. The van der Waals surface area contributed by atoms with E-state index < -0.39 is 0 Å². The lowest BCUT2D eigenvalue weighted by Crippen LogP contribution is -2.40. The summed E-state index contributed by atoms with van der Waals surface area (Å²) in [5.41, 5.74) is 4.27. The smallest absolute Gasteiger partial charge is 0.115 e. The molecule has 3 fully saturated rings. The van der Waals surface area contributed by atoms with Crippen molar-refractivity contribution in [1.29, 1.82) is 0 Å². The highest BCUT2D eigenvalue weighted by molar-refractivity contribution is 7.99. The first-order chi connectivity index (χ1) is 16.5. The maximum atomic E-state index is 12.1. The Bertz CT molecular complexity index is 775. The number of aromatic hydroxyl groups is 1. The van der Waals surface area contributed by atoms with Gasteiger partial charge in [-0.2, -0.15) is 11.8 Å². The molecule has 3 heteroatoms. The molecule has 0 radical (unpaired) electrons. The van der Waals surface area contributed by atoms with Gasteiger partial charge in [-0.05, 0) is 128 Å². The van der Waals surface area contributed by atoms with Gasteiger partial charge in [0.15, 0.2) is 0 Å². The van der Waals surface area contributed by atoms with E-state index in [0.717, 1.165) is 24.0 Å². The summed E-state index contributed by atoms with van der Waals surface area (Å²) in [5.74, 6) is 4.93. The number of fused-ring (bicyclic) bond motifs is 2. The number of phenols is 1. The van der Waals surface area contributed by atoms with Crippen molar-refractivity contribution in [2.45, 2.75) is 116 Å². The van der Waals surface area contributed by atoms with Crippen LogP contribution in [0.5, 0.6) is 5.75 Å². The zero-order valence-corrected chi connectivity index (χ0v) is 22.7. The summed E-state index contributed by atoms with van der Waals surface area (Å²) < 4.78 is 12.1. The zero-order valence-electron chi connectivity index (χ0n) is 21.9. The second-order valence-electron chi connectivity index (χ2n) is 12.1. The SMILES string of the molecule is CC1C(c2ccc(O)cc2CCCCCCCCCSCCCF)CCC2(C)C1CCC21CC1. The summed E-state index contributed by atoms with van der Waals surface area (Å²) in [5, 5.41) is 10.2. The number of benzene rings is 1. The van der Waals surface area contributed by atoms with E-state index in [1.54, 1.807) is 5.56 Å². The van der Waals surface area contributed by atoms with Gasteiger partial charge in [0.25, 0.3) is 0 Å². The molecule has 1 aromatic carbocycles. The van der Waals surface area contributed by atoms with Crippen LogP contribution in [0.4, 0.5) is 4.39 Å². The summed E-state index contributed by atoms with van der Waals surface area (Å²) in [6.45, 7) is 5.01. The fourth-order valence-electron chi connectivity index (χ4n) is 7.96. The third kappa shape index (κ3) is 5.81. The van der Waals surface area contributed by atoms with Gasteiger partial charge < -0.3 is 5.11 Å². The van der Waals surface area contributed by atoms with Crippen LogP contribution in [0.2, 0.25) is 0 Å². The van der Waals surface area contributed by atoms with Crippen molar-refractivity contribution in [2.24, 2.45) is 22.7 Å². The Morgan fingerprint density at radius 3 is 2.35 bits per heavy atom. The molecule has 0 bridgehead atoms. The van der Waals surface area contributed by atoms with Crippen molar-refractivity contribution >= 4 is 11.8 Å². The minimum atomic E-state index is -0.169. The van der Waals surface area contributed by atoms with Crippen LogP contribution < -0.4 is 0 Å². The molecule has 34 heavy (non-hydrogen) atoms. The number of phenolic OH excluding ortho intramolecular Hbond substituents is 1. The first-order valence-electron chi connectivity index (χ1n) is 14.5. The standard InChI is InChI=1S/C31H49FOS/c1-24-27(14-16-30(2)29(24)15-17-31(30)18-19-31)28-13-12-26(33)23-25(28)11-8-6-4-3-5-7-9-21-34-22-10-20-32/h12-13,23-24,27,29,33H,3-11,14-22H2,1-2H3. The lowest BCUT2D eigenvalue weighted by molar-refractivity contribution is 0.0333. The molecule has 0 saturated heterocycles. The maximum Gasteiger partial charge on any atom is 0.115 e. The van der Waals surface area contributed by atoms with Crippen molar-refractivity contribution in [3.8, 4) is 5.75 Å². The first-order valence-corrected chi connectivity index (χ1v) is 15.6. The fourth-order valence-corrected chi connectivity index (χ4v) is 8.89. The molecule has 1 spiro atoms. The van der Waals surface area contributed by atoms with Gasteiger partial charge in [0.2, 0.25) is 0 Å². The van der Waals surface area contributed by atoms with E-state index in [9.17, 15) is 9.50 Å². The molecule has 0 heterocycles. The van der Waals surface area contributed by atoms with E-state index >= 15 is 0 Å². The molecular formula is C31H49FOS. The normalized spacial score (nSPS) is 29.4. The quantitative estimate of drug-likeness (QED) is 0.263. The minimum Gasteiger partial charge on any atom is -0.508 e. The van der Waals surface area contributed by atoms with Gasteiger partial charge in [-0.15, -0.1) is 0 Å². The van der Waals surface area contributed by atoms with E-state index in [0.29, 0.717) is 28.9 Å². The zero-order chi connectivity index (χ0) is 24.0. The highest BCUT2D eigenvalue weighted by Gasteiger charge is 2.65. The molecule has 0 amide bonds. The number of aryl methyl sites for hydroxylation is 1. The molecule has 1 nitrogen and oxygen atoms in total. The molecule has 4 atom stereocenters. The van der Waals surface area contributed by atoms with Crippen molar-refractivity contribution in [3.05, 3.63) is 29.3 Å². The molecule has 4 unspecified atom stereocenters. The predicted molar refractivity (Wildman–Crippen MR) is 146 cm³/mol. The summed E-state index contributed by atoms with van der Waals surface area (Å²) >= 11 is 1.91. The van der Waals surface area contributed by atoms with Crippen LogP contribution in [0.25, 0.3) is 0 Å². The van der Waals surface area contributed by atoms with Gasteiger partial charge in [0.05, 0.1) is 6.67 Å². The molecule has 1 N–H and O–H groups in total. The van der Waals surface area contributed by atoms with E-state index in [1.165, 1.54) is 94.8 Å². The second kappa shape index (κ2) is 12.0. The average molecular weight is 489 g/mol. The Labute approximate surface area is 213 Å². The van der Waals surface area contributed by atoms with Crippen LogP contribution in [-0.2, 0) is 6.42 Å². The average Bonchev–Trinajstić information content (AvgIpc) is 3.56. The van der Waals surface area contributed by atoms with E-state index in [2.05, 4.69) is 26.0 Å². The number of alkyl halides is 1. The number of hydrogen-bond donors (Lipinski definition) is 1. The molecule has 0 aromatic heterocycles. The molecule has 1 aromatic rings. The number of halogens is 1. The van der Waals surface area contributed by atoms with E-state index in [4.69, 9.17) is 0 Å². The van der Waals surface area contributed by atoms with Gasteiger partial charge >= 0.3 is 0 Å². The second-order valence-corrected chi connectivity index (χ2v) is 13.3. The Kier molecular flexibility index (Phi) is 9.32. The highest BCUT2D eigenvalue weighted by atomic mass is 32.2. The molecular weight excluding hydrogens is 439 g/mol. The number of hydrogen-bond acceptors (Lipinski definition) is 2. The van der Waals surface area contributed by atoms with Crippen LogP contribution >= 0.6 is 11.8 Å². The monoisotopic (exact) mass is 488 g/mol. The molecule has 3 aliphatic carbocycles. The fraction of sp³-hybridized carbons (Fsp3) is 0.806. The lowest BCUT2D eigenvalue weighted by Gasteiger charge is -2.48. The van der Waals surface area contributed by atoms with Crippen LogP contribution in [-0.4, -0.2) is 23.3 Å². The van der Waals surface area contributed by atoms with Crippen molar-refractivity contribution in [3.63, 3.8) is 0 Å². The third-order valence-electron chi connectivity index (χ3n) is 10.2. The molecule has 3 aliphatic rings. The summed E-state index contributed by atoms with van der Waals surface area (Å²) in [4.78, 5) is 0. The molecule has 3 saturated carbocycles. The molecule has 4 rings (SSSR count). The third-order valence-corrected chi connectivity index (χ3v) is 11.4. The van der Waals surface area contributed by atoms with Gasteiger partial charge in [0, 0.05) is 0 Å². The van der Waals surface area contributed by atoms with Gasteiger partial charge in [-0.1, -0.05) is 52.0 Å².